The Bertz CT molecular complexity index is 501. The number of thiazole rings is 1. The molecule has 1 aromatic heterocycles. The maximum Gasteiger partial charge on any atom is 0.185 e. The van der Waals surface area contributed by atoms with Gasteiger partial charge >= 0.3 is 0 Å². The Hall–Kier alpha value is -1.13. The van der Waals surface area contributed by atoms with E-state index in [1.54, 1.807) is 17.4 Å². The zero-order chi connectivity index (χ0) is 12.3. The average Bonchev–Trinajstić information content (AvgIpc) is 2.77. The van der Waals surface area contributed by atoms with Crippen LogP contribution in [0.25, 0.3) is 0 Å². The van der Waals surface area contributed by atoms with Crippen molar-refractivity contribution in [1.82, 2.24) is 4.98 Å². The first-order chi connectivity index (χ1) is 8.19. The number of benzene rings is 1. The molecule has 5 heteroatoms. The number of nitrogens with zero attached hydrogens (tertiary/aromatic N) is 2. The molecule has 0 bridgehead atoms. The quantitative estimate of drug-likeness (QED) is 0.789. The van der Waals surface area contributed by atoms with Gasteiger partial charge in [-0.25, -0.2) is 9.37 Å². The van der Waals surface area contributed by atoms with Crippen LogP contribution in [0.2, 0.25) is 0 Å². The fourth-order valence-electron chi connectivity index (χ4n) is 1.51. The van der Waals surface area contributed by atoms with Crippen molar-refractivity contribution in [3.05, 3.63) is 46.7 Å². The summed E-state index contributed by atoms with van der Waals surface area (Å²) in [7, 11) is 1.93. The Kier molecular flexibility index (Phi) is 3.97. The number of anilines is 1. The maximum atomic E-state index is 13.0. The minimum atomic E-state index is -0.212. The molecule has 1 heterocycles. The summed E-state index contributed by atoms with van der Waals surface area (Å²) >= 11 is 7.24. The van der Waals surface area contributed by atoms with E-state index < -0.39 is 0 Å². The van der Waals surface area contributed by atoms with Crippen LogP contribution >= 0.6 is 22.9 Å². The molecule has 0 saturated heterocycles. The van der Waals surface area contributed by atoms with E-state index in [-0.39, 0.29) is 5.82 Å². The predicted molar refractivity (Wildman–Crippen MR) is 70.2 cm³/mol. The van der Waals surface area contributed by atoms with Gasteiger partial charge < -0.3 is 4.90 Å². The van der Waals surface area contributed by atoms with Crippen LogP contribution in [0.3, 0.4) is 0 Å². The van der Waals surface area contributed by atoms with Crippen LogP contribution in [-0.4, -0.2) is 12.0 Å². The monoisotopic (exact) mass is 270 g/mol. The summed E-state index contributed by atoms with van der Waals surface area (Å²) in [5.41, 5.74) is 1.80. The highest BCUT2D eigenvalue weighted by molar-refractivity contribution is 7.13. The average molecular weight is 271 g/mol. The lowest BCUT2D eigenvalue weighted by Crippen LogP contribution is -2.16. The van der Waals surface area contributed by atoms with Crippen molar-refractivity contribution in [2.75, 3.05) is 11.9 Å². The zero-order valence-corrected chi connectivity index (χ0v) is 10.9. The van der Waals surface area contributed by atoms with E-state index in [0.29, 0.717) is 12.4 Å². The lowest BCUT2D eigenvalue weighted by molar-refractivity contribution is 0.625. The van der Waals surface area contributed by atoms with Crippen LogP contribution < -0.4 is 4.90 Å². The van der Waals surface area contributed by atoms with Crippen LogP contribution in [0, 0.1) is 5.82 Å². The van der Waals surface area contributed by atoms with E-state index in [4.69, 9.17) is 11.6 Å². The molecule has 0 spiro atoms. The maximum absolute atomic E-state index is 13.0. The van der Waals surface area contributed by atoms with Crippen molar-refractivity contribution in [2.45, 2.75) is 12.4 Å². The molecule has 1 aromatic carbocycles. The second-order valence-corrected chi connectivity index (χ2v) is 4.84. The highest BCUT2D eigenvalue weighted by Gasteiger charge is 2.07. The van der Waals surface area contributed by atoms with Crippen molar-refractivity contribution >= 4 is 28.1 Å². The van der Waals surface area contributed by atoms with Crippen molar-refractivity contribution in [1.29, 1.82) is 0 Å². The number of halogens is 2. The third-order valence-corrected chi connectivity index (χ3v) is 3.59. The molecular weight excluding hydrogens is 259 g/mol. The summed E-state index contributed by atoms with van der Waals surface area (Å²) in [6.45, 7) is 0.632. The molecule has 17 heavy (non-hydrogen) atoms. The van der Waals surface area contributed by atoms with Gasteiger partial charge in [0, 0.05) is 19.0 Å². The van der Waals surface area contributed by atoms with Gasteiger partial charge in [0.2, 0.25) is 0 Å². The summed E-state index contributed by atoms with van der Waals surface area (Å²) in [4.78, 5) is 6.35. The van der Waals surface area contributed by atoms with Crippen LogP contribution in [0.4, 0.5) is 9.52 Å². The molecule has 0 atom stereocenters. The lowest BCUT2D eigenvalue weighted by Gasteiger charge is -2.15. The number of rotatable bonds is 4. The zero-order valence-electron chi connectivity index (χ0n) is 9.36. The Morgan fingerprint density at radius 1 is 1.47 bits per heavy atom. The lowest BCUT2D eigenvalue weighted by atomic mass is 10.2. The van der Waals surface area contributed by atoms with Crippen LogP contribution in [0.5, 0.6) is 0 Å². The van der Waals surface area contributed by atoms with Gasteiger partial charge in [0.15, 0.2) is 5.13 Å². The molecule has 0 radical (unpaired) electrons. The molecule has 0 saturated carbocycles. The highest BCUT2D eigenvalue weighted by Crippen LogP contribution is 2.21. The standard InChI is InChI=1S/C12H12ClFN2S/c1-16(12-15-11(6-13)8-17-12)7-9-3-2-4-10(14)5-9/h2-5,8H,6-7H2,1H3. The molecule has 0 unspecified atom stereocenters. The SMILES string of the molecule is CN(Cc1cccc(F)c1)c1nc(CCl)cs1. The number of aromatic nitrogens is 1. The summed E-state index contributed by atoms with van der Waals surface area (Å²) in [5.74, 6) is 0.209. The van der Waals surface area contributed by atoms with Crippen molar-refractivity contribution in [3.63, 3.8) is 0 Å². The Labute approximate surface area is 109 Å². The Balaban J connectivity index is 2.08. The minimum Gasteiger partial charge on any atom is -0.347 e. The molecule has 0 aliphatic rings. The Morgan fingerprint density at radius 3 is 2.94 bits per heavy atom. The number of hydrogen-bond acceptors (Lipinski definition) is 3. The van der Waals surface area contributed by atoms with Gasteiger partial charge in [-0.3, -0.25) is 0 Å². The van der Waals surface area contributed by atoms with Gasteiger partial charge in [0.05, 0.1) is 11.6 Å². The molecule has 2 aromatic rings. The van der Waals surface area contributed by atoms with Gasteiger partial charge in [-0.05, 0) is 17.7 Å². The summed E-state index contributed by atoms with van der Waals surface area (Å²) < 4.78 is 13.0. The summed E-state index contributed by atoms with van der Waals surface area (Å²) in [5, 5.41) is 2.83. The third kappa shape index (κ3) is 3.17. The molecule has 90 valence electrons. The van der Waals surface area contributed by atoms with Gasteiger partial charge in [0.25, 0.3) is 0 Å². The van der Waals surface area contributed by atoms with E-state index in [9.17, 15) is 4.39 Å². The smallest absolute Gasteiger partial charge is 0.185 e. The van der Waals surface area contributed by atoms with Gasteiger partial charge in [-0.1, -0.05) is 12.1 Å². The van der Waals surface area contributed by atoms with E-state index in [1.807, 2.05) is 23.4 Å². The summed E-state index contributed by atoms with van der Waals surface area (Å²) in [6, 6.07) is 6.59. The first kappa shape index (κ1) is 12.3. The topological polar surface area (TPSA) is 16.1 Å². The van der Waals surface area contributed by atoms with E-state index in [2.05, 4.69) is 4.98 Å². The molecular formula is C12H12ClFN2S. The fourth-order valence-corrected chi connectivity index (χ4v) is 2.53. The number of alkyl halides is 1. The molecule has 0 amide bonds. The molecule has 2 nitrogen and oxygen atoms in total. The van der Waals surface area contributed by atoms with Gasteiger partial charge in [-0.15, -0.1) is 22.9 Å². The highest BCUT2D eigenvalue weighted by atomic mass is 35.5. The Morgan fingerprint density at radius 2 is 2.29 bits per heavy atom. The molecule has 0 aliphatic carbocycles. The largest absolute Gasteiger partial charge is 0.347 e. The van der Waals surface area contributed by atoms with Crippen LogP contribution in [0.15, 0.2) is 29.6 Å². The van der Waals surface area contributed by atoms with Gasteiger partial charge in [-0.2, -0.15) is 0 Å². The van der Waals surface area contributed by atoms with Crippen LogP contribution in [-0.2, 0) is 12.4 Å². The first-order valence-corrected chi connectivity index (χ1v) is 6.56. The fraction of sp³-hybridized carbons (Fsp3) is 0.250. The normalized spacial score (nSPS) is 10.5. The number of hydrogen-bond donors (Lipinski definition) is 0. The second kappa shape index (κ2) is 5.47. The second-order valence-electron chi connectivity index (χ2n) is 3.74. The molecule has 0 aliphatic heterocycles. The van der Waals surface area contributed by atoms with E-state index >= 15 is 0 Å². The van der Waals surface area contributed by atoms with Gasteiger partial charge in [0.1, 0.15) is 5.82 Å². The molecule has 0 fully saturated rings. The molecule has 2 rings (SSSR count). The summed E-state index contributed by atoms with van der Waals surface area (Å²) in [6.07, 6.45) is 0. The van der Waals surface area contributed by atoms with Crippen LogP contribution in [0.1, 0.15) is 11.3 Å². The minimum absolute atomic E-state index is 0.212. The van der Waals surface area contributed by atoms with Crippen molar-refractivity contribution in [2.24, 2.45) is 0 Å². The van der Waals surface area contributed by atoms with E-state index in [0.717, 1.165) is 16.4 Å². The predicted octanol–water partition coefficient (Wildman–Crippen LogP) is 3.66. The third-order valence-electron chi connectivity index (χ3n) is 2.31. The molecule has 0 N–H and O–H groups in total. The van der Waals surface area contributed by atoms with Crippen molar-refractivity contribution in [3.8, 4) is 0 Å². The first-order valence-electron chi connectivity index (χ1n) is 5.15. The van der Waals surface area contributed by atoms with E-state index in [1.165, 1.54) is 12.1 Å². The van der Waals surface area contributed by atoms with Crippen molar-refractivity contribution < 1.29 is 4.39 Å².